The SMILES string of the molecule is CCNC(=O)CN(CCC(=O)O)c1ccccc1. The zero-order chi connectivity index (χ0) is 13.4. The molecule has 98 valence electrons. The lowest BCUT2D eigenvalue weighted by Gasteiger charge is -2.23. The first kappa shape index (κ1) is 14.0. The van der Waals surface area contributed by atoms with Gasteiger partial charge >= 0.3 is 5.97 Å². The minimum absolute atomic E-state index is 0.00823. The third-order valence-electron chi connectivity index (χ3n) is 2.43. The summed E-state index contributed by atoms with van der Waals surface area (Å²) in [6.45, 7) is 2.91. The molecule has 0 bridgehead atoms. The van der Waals surface area contributed by atoms with Crippen molar-refractivity contribution in [1.29, 1.82) is 0 Å². The van der Waals surface area contributed by atoms with Crippen LogP contribution in [0.1, 0.15) is 13.3 Å². The molecule has 0 atom stereocenters. The Morgan fingerprint density at radius 2 is 1.94 bits per heavy atom. The van der Waals surface area contributed by atoms with E-state index >= 15 is 0 Å². The van der Waals surface area contributed by atoms with Crippen LogP contribution in [0.5, 0.6) is 0 Å². The number of nitrogens with zero attached hydrogens (tertiary/aromatic N) is 1. The second-order valence-corrected chi connectivity index (χ2v) is 3.85. The number of para-hydroxylation sites is 1. The number of hydrogen-bond acceptors (Lipinski definition) is 3. The normalized spacial score (nSPS) is 9.83. The molecule has 0 saturated carbocycles. The van der Waals surface area contributed by atoms with Gasteiger partial charge in [-0.25, -0.2) is 0 Å². The summed E-state index contributed by atoms with van der Waals surface area (Å²) in [6, 6.07) is 9.33. The second-order valence-electron chi connectivity index (χ2n) is 3.85. The Kier molecular flexibility index (Phi) is 5.70. The third kappa shape index (κ3) is 4.86. The maximum atomic E-state index is 11.6. The Bertz CT molecular complexity index is 392. The standard InChI is InChI=1S/C13H18N2O3/c1-2-14-12(16)10-15(9-8-13(17)18)11-6-4-3-5-7-11/h3-7H,2,8-10H2,1H3,(H,14,16)(H,17,18). The number of aliphatic carboxylic acids is 1. The molecule has 0 fully saturated rings. The molecule has 0 spiro atoms. The number of likely N-dealkylation sites (N-methyl/N-ethyl adjacent to an activating group) is 1. The lowest BCUT2D eigenvalue weighted by atomic mass is 10.2. The molecular weight excluding hydrogens is 232 g/mol. The van der Waals surface area contributed by atoms with Crippen molar-refractivity contribution in [3.63, 3.8) is 0 Å². The Morgan fingerprint density at radius 1 is 1.28 bits per heavy atom. The summed E-state index contributed by atoms with van der Waals surface area (Å²) >= 11 is 0. The van der Waals surface area contributed by atoms with Crippen LogP contribution in [0.4, 0.5) is 5.69 Å². The quantitative estimate of drug-likeness (QED) is 0.760. The van der Waals surface area contributed by atoms with Gasteiger partial charge in [-0.3, -0.25) is 9.59 Å². The van der Waals surface area contributed by atoms with Gasteiger partial charge < -0.3 is 15.3 Å². The number of rotatable bonds is 7. The van der Waals surface area contributed by atoms with Crippen LogP contribution in [0, 0.1) is 0 Å². The van der Waals surface area contributed by atoms with Crippen molar-refractivity contribution in [2.75, 3.05) is 24.5 Å². The molecule has 0 aliphatic heterocycles. The number of anilines is 1. The molecule has 0 aliphatic carbocycles. The van der Waals surface area contributed by atoms with Crippen LogP contribution in [-0.2, 0) is 9.59 Å². The van der Waals surface area contributed by atoms with Gasteiger partial charge in [0.1, 0.15) is 0 Å². The predicted molar refractivity (Wildman–Crippen MR) is 69.6 cm³/mol. The smallest absolute Gasteiger partial charge is 0.305 e. The fourth-order valence-electron chi connectivity index (χ4n) is 1.60. The summed E-state index contributed by atoms with van der Waals surface area (Å²) in [5.41, 5.74) is 0.852. The first-order valence-corrected chi connectivity index (χ1v) is 5.92. The molecule has 0 unspecified atom stereocenters. The number of carboxylic acids is 1. The molecule has 1 aromatic rings. The average molecular weight is 250 g/mol. The highest BCUT2D eigenvalue weighted by Gasteiger charge is 2.12. The molecule has 5 heteroatoms. The van der Waals surface area contributed by atoms with Crippen molar-refractivity contribution in [2.24, 2.45) is 0 Å². The molecule has 0 saturated heterocycles. The molecule has 18 heavy (non-hydrogen) atoms. The Labute approximate surface area is 106 Å². The Hall–Kier alpha value is -2.04. The van der Waals surface area contributed by atoms with Gasteiger partial charge in [0.05, 0.1) is 13.0 Å². The van der Waals surface area contributed by atoms with Crippen LogP contribution < -0.4 is 10.2 Å². The number of hydrogen-bond donors (Lipinski definition) is 2. The van der Waals surface area contributed by atoms with Crippen molar-refractivity contribution in [3.05, 3.63) is 30.3 Å². The highest BCUT2D eigenvalue weighted by molar-refractivity contribution is 5.81. The summed E-state index contributed by atoms with van der Waals surface area (Å²) in [4.78, 5) is 24.0. The second kappa shape index (κ2) is 7.32. The van der Waals surface area contributed by atoms with Crippen LogP contribution in [0.2, 0.25) is 0 Å². The van der Waals surface area contributed by atoms with Gasteiger partial charge in [0.25, 0.3) is 0 Å². The minimum Gasteiger partial charge on any atom is -0.481 e. The number of benzene rings is 1. The van der Waals surface area contributed by atoms with Crippen LogP contribution in [0.15, 0.2) is 30.3 Å². The van der Waals surface area contributed by atoms with Crippen molar-refractivity contribution >= 4 is 17.6 Å². The van der Waals surface area contributed by atoms with E-state index in [0.29, 0.717) is 13.1 Å². The largest absolute Gasteiger partial charge is 0.481 e. The predicted octanol–water partition coefficient (Wildman–Crippen LogP) is 1.10. The molecule has 0 aliphatic rings. The van der Waals surface area contributed by atoms with Crippen LogP contribution in [0.25, 0.3) is 0 Å². The van der Waals surface area contributed by atoms with E-state index in [-0.39, 0.29) is 18.9 Å². The third-order valence-corrected chi connectivity index (χ3v) is 2.43. The van der Waals surface area contributed by atoms with Crippen molar-refractivity contribution in [2.45, 2.75) is 13.3 Å². The van der Waals surface area contributed by atoms with Gasteiger partial charge in [-0.1, -0.05) is 18.2 Å². The maximum absolute atomic E-state index is 11.6. The van der Waals surface area contributed by atoms with E-state index in [1.54, 1.807) is 4.90 Å². The van der Waals surface area contributed by atoms with Crippen molar-refractivity contribution in [1.82, 2.24) is 5.32 Å². The van der Waals surface area contributed by atoms with Crippen LogP contribution >= 0.6 is 0 Å². The van der Waals surface area contributed by atoms with Gasteiger partial charge in [0, 0.05) is 18.8 Å². The summed E-state index contributed by atoms with van der Waals surface area (Å²) in [7, 11) is 0. The molecule has 1 amide bonds. The van der Waals surface area contributed by atoms with E-state index in [9.17, 15) is 9.59 Å². The zero-order valence-corrected chi connectivity index (χ0v) is 10.4. The number of carboxylic acid groups (broad SMARTS) is 1. The molecule has 0 aromatic heterocycles. The van der Waals surface area contributed by atoms with E-state index < -0.39 is 5.97 Å². The van der Waals surface area contributed by atoms with Gasteiger partial charge in [0.2, 0.25) is 5.91 Å². The van der Waals surface area contributed by atoms with Crippen LogP contribution in [-0.4, -0.2) is 36.6 Å². The Balaban J connectivity index is 2.69. The fourth-order valence-corrected chi connectivity index (χ4v) is 1.60. The van der Waals surface area contributed by atoms with E-state index in [0.717, 1.165) is 5.69 Å². The van der Waals surface area contributed by atoms with E-state index in [1.165, 1.54) is 0 Å². The van der Waals surface area contributed by atoms with Crippen molar-refractivity contribution < 1.29 is 14.7 Å². The number of amides is 1. The molecular formula is C13H18N2O3. The van der Waals surface area contributed by atoms with Gasteiger partial charge in [-0.05, 0) is 19.1 Å². The first-order chi connectivity index (χ1) is 8.63. The van der Waals surface area contributed by atoms with Crippen molar-refractivity contribution in [3.8, 4) is 0 Å². The van der Waals surface area contributed by atoms with Crippen LogP contribution in [0.3, 0.4) is 0 Å². The molecule has 2 N–H and O–H groups in total. The van der Waals surface area contributed by atoms with E-state index in [1.807, 2.05) is 37.3 Å². The highest BCUT2D eigenvalue weighted by atomic mass is 16.4. The Morgan fingerprint density at radius 3 is 2.50 bits per heavy atom. The topological polar surface area (TPSA) is 69.6 Å². The monoisotopic (exact) mass is 250 g/mol. The molecule has 0 radical (unpaired) electrons. The minimum atomic E-state index is -0.869. The fraction of sp³-hybridized carbons (Fsp3) is 0.385. The first-order valence-electron chi connectivity index (χ1n) is 5.92. The number of carbonyl (C=O) groups excluding carboxylic acids is 1. The van der Waals surface area contributed by atoms with Gasteiger partial charge in [0.15, 0.2) is 0 Å². The summed E-state index contributed by atoms with van der Waals surface area (Å²) in [5, 5.41) is 11.4. The highest BCUT2D eigenvalue weighted by Crippen LogP contribution is 2.13. The zero-order valence-electron chi connectivity index (χ0n) is 10.4. The lowest BCUT2D eigenvalue weighted by Crippen LogP contribution is -2.38. The van der Waals surface area contributed by atoms with E-state index in [2.05, 4.69) is 5.32 Å². The summed E-state index contributed by atoms with van der Waals surface area (Å²) in [5.74, 6) is -0.974. The molecule has 5 nitrogen and oxygen atoms in total. The number of carbonyl (C=O) groups is 2. The average Bonchev–Trinajstić information content (AvgIpc) is 2.35. The van der Waals surface area contributed by atoms with Gasteiger partial charge in [-0.2, -0.15) is 0 Å². The number of nitrogens with one attached hydrogen (secondary N) is 1. The van der Waals surface area contributed by atoms with E-state index in [4.69, 9.17) is 5.11 Å². The maximum Gasteiger partial charge on any atom is 0.305 e. The van der Waals surface area contributed by atoms with Gasteiger partial charge in [-0.15, -0.1) is 0 Å². The summed E-state index contributed by atoms with van der Waals surface area (Å²) < 4.78 is 0. The molecule has 0 heterocycles. The lowest BCUT2D eigenvalue weighted by molar-refractivity contribution is -0.136. The molecule has 1 rings (SSSR count). The summed E-state index contributed by atoms with van der Waals surface area (Å²) in [6.07, 6.45) is 0.00823. The molecule has 1 aromatic carbocycles.